The van der Waals surface area contributed by atoms with Gasteiger partial charge in [-0.15, -0.1) is 0 Å². The van der Waals surface area contributed by atoms with Gasteiger partial charge in [0.1, 0.15) is 0 Å². The fourth-order valence-electron chi connectivity index (χ4n) is 0.915. The zero-order valence-electron chi connectivity index (χ0n) is 7.22. The molecule has 0 aromatic rings. The topological polar surface area (TPSA) is 32.3 Å². The summed E-state index contributed by atoms with van der Waals surface area (Å²) in [6.07, 6.45) is 2.06. The highest BCUT2D eigenvalue weighted by molar-refractivity contribution is 4.63. The quantitative estimate of drug-likeness (QED) is 0.608. The van der Waals surface area contributed by atoms with Crippen LogP contribution >= 0.6 is 0 Å². The van der Waals surface area contributed by atoms with Gasteiger partial charge in [-0.05, 0) is 19.8 Å². The summed E-state index contributed by atoms with van der Waals surface area (Å²) in [4.78, 5) is 0. The lowest BCUT2D eigenvalue weighted by molar-refractivity contribution is 0.185. The second kappa shape index (κ2) is 5.69. The molecule has 2 nitrogen and oxygen atoms in total. The maximum atomic E-state index is 8.93. The summed E-state index contributed by atoms with van der Waals surface area (Å²) in [6, 6.07) is 0.578. The molecule has 0 radical (unpaired) electrons. The predicted octanol–water partition coefficient (Wildman–Crippen LogP) is 1.15. The molecule has 2 heteroatoms. The Morgan fingerprint density at radius 2 is 1.80 bits per heavy atom. The SMILES string of the molecule is CCC(CC)NCC(C)O. The summed E-state index contributed by atoms with van der Waals surface area (Å²) in [5.74, 6) is 0. The lowest BCUT2D eigenvalue weighted by atomic mass is 10.2. The van der Waals surface area contributed by atoms with E-state index in [2.05, 4.69) is 19.2 Å². The molecule has 0 saturated carbocycles. The Morgan fingerprint density at radius 1 is 1.30 bits per heavy atom. The Hall–Kier alpha value is -0.0800. The number of hydrogen-bond acceptors (Lipinski definition) is 2. The van der Waals surface area contributed by atoms with E-state index < -0.39 is 0 Å². The molecule has 62 valence electrons. The first-order valence-corrected chi connectivity index (χ1v) is 4.12. The van der Waals surface area contributed by atoms with Crippen LogP contribution in [0.3, 0.4) is 0 Å². The third-order valence-electron chi connectivity index (χ3n) is 1.69. The van der Waals surface area contributed by atoms with E-state index in [1.54, 1.807) is 6.92 Å². The van der Waals surface area contributed by atoms with Gasteiger partial charge in [-0.25, -0.2) is 0 Å². The van der Waals surface area contributed by atoms with Crippen molar-refractivity contribution in [3.8, 4) is 0 Å². The Kier molecular flexibility index (Phi) is 5.64. The van der Waals surface area contributed by atoms with Gasteiger partial charge in [-0.1, -0.05) is 13.8 Å². The van der Waals surface area contributed by atoms with Crippen LogP contribution in [0.25, 0.3) is 0 Å². The van der Waals surface area contributed by atoms with Gasteiger partial charge in [-0.3, -0.25) is 0 Å². The van der Waals surface area contributed by atoms with Gasteiger partial charge in [0.2, 0.25) is 0 Å². The average Bonchev–Trinajstić information content (AvgIpc) is 1.90. The molecule has 1 unspecified atom stereocenters. The first-order chi connectivity index (χ1) is 4.70. The van der Waals surface area contributed by atoms with E-state index in [0.717, 1.165) is 12.8 Å². The van der Waals surface area contributed by atoms with Crippen molar-refractivity contribution in [1.82, 2.24) is 5.32 Å². The minimum Gasteiger partial charge on any atom is -0.392 e. The van der Waals surface area contributed by atoms with E-state index in [9.17, 15) is 0 Å². The predicted molar refractivity (Wildman–Crippen MR) is 44.1 cm³/mol. The van der Waals surface area contributed by atoms with Crippen molar-refractivity contribution in [3.63, 3.8) is 0 Å². The number of nitrogens with one attached hydrogen (secondary N) is 1. The van der Waals surface area contributed by atoms with Crippen molar-refractivity contribution >= 4 is 0 Å². The number of aliphatic hydroxyl groups excluding tert-OH is 1. The molecule has 0 bridgehead atoms. The highest BCUT2D eigenvalue weighted by Crippen LogP contribution is 1.95. The molecule has 0 heterocycles. The largest absolute Gasteiger partial charge is 0.392 e. The molecule has 0 saturated heterocycles. The van der Waals surface area contributed by atoms with Crippen LogP contribution in [0.4, 0.5) is 0 Å². The van der Waals surface area contributed by atoms with E-state index >= 15 is 0 Å². The summed E-state index contributed by atoms with van der Waals surface area (Å²) in [7, 11) is 0. The summed E-state index contributed by atoms with van der Waals surface area (Å²) in [6.45, 7) is 6.83. The lowest BCUT2D eigenvalue weighted by Gasteiger charge is -2.15. The third kappa shape index (κ3) is 4.77. The van der Waals surface area contributed by atoms with E-state index in [1.807, 2.05) is 0 Å². The molecule has 0 spiro atoms. The number of rotatable bonds is 5. The highest BCUT2D eigenvalue weighted by atomic mass is 16.3. The van der Waals surface area contributed by atoms with Crippen LogP contribution < -0.4 is 5.32 Å². The van der Waals surface area contributed by atoms with Gasteiger partial charge in [-0.2, -0.15) is 0 Å². The fourth-order valence-corrected chi connectivity index (χ4v) is 0.915. The fraction of sp³-hybridized carbons (Fsp3) is 1.00. The lowest BCUT2D eigenvalue weighted by Crippen LogP contribution is -2.33. The molecule has 0 aliphatic rings. The second-order valence-electron chi connectivity index (χ2n) is 2.77. The maximum Gasteiger partial charge on any atom is 0.0636 e. The maximum absolute atomic E-state index is 8.93. The van der Waals surface area contributed by atoms with Crippen LogP contribution in [0, 0.1) is 0 Å². The number of aliphatic hydroxyl groups is 1. The van der Waals surface area contributed by atoms with Gasteiger partial charge in [0.25, 0.3) is 0 Å². The normalized spacial score (nSPS) is 14.1. The van der Waals surface area contributed by atoms with Crippen molar-refractivity contribution in [3.05, 3.63) is 0 Å². The third-order valence-corrected chi connectivity index (χ3v) is 1.69. The Labute approximate surface area is 63.6 Å². The van der Waals surface area contributed by atoms with Gasteiger partial charge >= 0.3 is 0 Å². The van der Waals surface area contributed by atoms with Crippen LogP contribution in [0.15, 0.2) is 0 Å². The van der Waals surface area contributed by atoms with Gasteiger partial charge < -0.3 is 10.4 Å². The molecule has 0 aromatic carbocycles. The standard InChI is InChI=1S/C8H19NO/c1-4-8(5-2)9-6-7(3)10/h7-10H,4-6H2,1-3H3. The van der Waals surface area contributed by atoms with Crippen LogP contribution in [-0.2, 0) is 0 Å². The van der Waals surface area contributed by atoms with Crippen LogP contribution in [0.1, 0.15) is 33.6 Å². The first kappa shape index (κ1) is 9.92. The molecule has 0 amide bonds. The van der Waals surface area contributed by atoms with Crippen molar-refractivity contribution in [1.29, 1.82) is 0 Å². The Balaban J connectivity index is 3.26. The molecular weight excluding hydrogens is 126 g/mol. The van der Waals surface area contributed by atoms with Crippen molar-refractivity contribution < 1.29 is 5.11 Å². The molecule has 0 fully saturated rings. The minimum absolute atomic E-state index is 0.222. The molecule has 10 heavy (non-hydrogen) atoms. The smallest absolute Gasteiger partial charge is 0.0636 e. The minimum atomic E-state index is -0.222. The van der Waals surface area contributed by atoms with E-state index in [0.29, 0.717) is 12.6 Å². The number of hydrogen-bond donors (Lipinski definition) is 2. The molecule has 0 aliphatic heterocycles. The van der Waals surface area contributed by atoms with Crippen molar-refractivity contribution in [2.45, 2.75) is 45.8 Å². The molecule has 0 rings (SSSR count). The van der Waals surface area contributed by atoms with Crippen molar-refractivity contribution in [2.24, 2.45) is 0 Å². The zero-order chi connectivity index (χ0) is 7.98. The van der Waals surface area contributed by atoms with Crippen LogP contribution in [0.2, 0.25) is 0 Å². The van der Waals surface area contributed by atoms with E-state index in [4.69, 9.17) is 5.11 Å². The zero-order valence-corrected chi connectivity index (χ0v) is 7.22. The molecule has 0 aliphatic carbocycles. The monoisotopic (exact) mass is 145 g/mol. The highest BCUT2D eigenvalue weighted by Gasteiger charge is 2.02. The first-order valence-electron chi connectivity index (χ1n) is 4.12. The molecule has 0 aromatic heterocycles. The molecule has 2 N–H and O–H groups in total. The van der Waals surface area contributed by atoms with E-state index in [-0.39, 0.29) is 6.10 Å². The molecule has 1 atom stereocenters. The molecular formula is C8H19NO. The van der Waals surface area contributed by atoms with Gasteiger partial charge in [0.05, 0.1) is 6.10 Å². The van der Waals surface area contributed by atoms with Crippen LogP contribution in [-0.4, -0.2) is 23.8 Å². The summed E-state index contributed by atoms with van der Waals surface area (Å²) in [5.41, 5.74) is 0. The van der Waals surface area contributed by atoms with Gasteiger partial charge in [0, 0.05) is 12.6 Å². The van der Waals surface area contributed by atoms with Crippen LogP contribution in [0.5, 0.6) is 0 Å². The average molecular weight is 145 g/mol. The Bertz CT molecular complexity index is 69.7. The van der Waals surface area contributed by atoms with E-state index in [1.165, 1.54) is 0 Å². The van der Waals surface area contributed by atoms with Crippen molar-refractivity contribution in [2.75, 3.05) is 6.54 Å². The summed E-state index contributed by atoms with van der Waals surface area (Å²) in [5, 5.41) is 12.2. The Morgan fingerprint density at radius 3 is 2.10 bits per heavy atom. The summed E-state index contributed by atoms with van der Waals surface area (Å²) >= 11 is 0. The summed E-state index contributed by atoms with van der Waals surface area (Å²) < 4.78 is 0. The second-order valence-corrected chi connectivity index (χ2v) is 2.77. The van der Waals surface area contributed by atoms with Gasteiger partial charge in [0.15, 0.2) is 0 Å².